The lowest BCUT2D eigenvalue weighted by atomic mass is 9.73. The van der Waals surface area contributed by atoms with Crippen molar-refractivity contribution in [1.82, 2.24) is 20.5 Å². The predicted octanol–water partition coefficient (Wildman–Crippen LogP) is 5.60. The lowest BCUT2D eigenvalue weighted by Crippen LogP contribution is -2.54. The number of halogens is 2. The van der Waals surface area contributed by atoms with Crippen molar-refractivity contribution in [3.8, 4) is 11.5 Å². The summed E-state index contributed by atoms with van der Waals surface area (Å²) in [6.45, 7) is 3.66. The number of piperidine rings is 1. The van der Waals surface area contributed by atoms with E-state index in [0.717, 1.165) is 47.0 Å². The minimum absolute atomic E-state index is 0.00000941. The molecule has 1 saturated carbocycles. The van der Waals surface area contributed by atoms with Crippen LogP contribution in [0.2, 0.25) is 5.02 Å². The van der Waals surface area contributed by atoms with E-state index >= 15 is 0 Å². The summed E-state index contributed by atoms with van der Waals surface area (Å²) in [5.41, 5.74) is 2.50. The van der Waals surface area contributed by atoms with Crippen LogP contribution in [0.1, 0.15) is 77.6 Å². The Labute approximate surface area is 379 Å². The molecule has 0 spiro atoms. The highest BCUT2D eigenvalue weighted by Crippen LogP contribution is 2.41. The topological polar surface area (TPSA) is 201 Å². The van der Waals surface area contributed by atoms with E-state index in [-0.39, 0.29) is 86.3 Å². The number of carbonyl (C=O) groups is 6. The first-order valence-electron chi connectivity index (χ1n) is 21.7. The van der Waals surface area contributed by atoms with Gasteiger partial charge < -0.3 is 34.3 Å². The lowest BCUT2D eigenvalue weighted by Gasteiger charge is -2.32. The second-order valence-corrected chi connectivity index (χ2v) is 16.5. The van der Waals surface area contributed by atoms with Crippen molar-refractivity contribution in [1.29, 1.82) is 0 Å². The third kappa shape index (κ3) is 11.8. The molecular weight excluding hydrogens is 865 g/mol. The summed E-state index contributed by atoms with van der Waals surface area (Å²) >= 11 is 6.38. The van der Waals surface area contributed by atoms with Gasteiger partial charge in [0.2, 0.25) is 17.7 Å². The molecule has 18 heteroatoms. The third-order valence-corrected chi connectivity index (χ3v) is 12.2. The molecule has 1 saturated heterocycles. The number of benzene rings is 3. The van der Waals surface area contributed by atoms with Gasteiger partial charge in [-0.15, -0.1) is 0 Å². The number of hydrogen-bond donors (Lipinski definition) is 3. The Kier molecular flexibility index (Phi) is 16.1. The van der Waals surface area contributed by atoms with E-state index < -0.39 is 42.2 Å². The zero-order chi connectivity index (χ0) is 45.9. The number of fused-ring (bicyclic) bond motifs is 2. The summed E-state index contributed by atoms with van der Waals surface area (Å²) in [5, 5.41) is 9.08. The quantitative estimate of drug-likeness (QED) is 0.0692. The minimum atomic E-state index is -1.11. The molecule has 7 rings (SSSR count). The van der Waals surface area contributed by atoms with Crippen LogP contribution < -0.4 is 25.4 Å². The fourth-order valence-electron chi connectivity index (χ4n) is 8.40. The molecule has 1 aromatic heterocycles. The summed E-state index contributed by atoms with van der Waals surface area (Å²) in [6, 6.07) is 15.1. The average molecular weight is 916 g/mol. The number of amides is 6. The number of ether oxygens (including phenoxy) is 5. The van der Waals surface area contributed by atoms with Crippen molar-refractivity contribution in [2.24, 2.45) is 11.8 Å². The molecule has 2 fully saturated rings. The molecule has 2 atom stereocenters. The third-order valence-electron chi connectivity index (χ3n) is 11.9. The highest BCUT2D eigenvalue weighted by molar-refractivity contribution is 6.32. The Balaban J connectivity index is 0.713. The molecule has 3 aromatic carbocycles. The maximum absolute atomic E-state index is 14.0. The van der Waals surface area contributed by atoms with Gasteiger partial charge in [-0.1, -0.05) is 24.6 Å². The molecule has 2 aliphatic heterocycles. The highest BCUT2D eigenvalue weighted by Gasteiger charge is 2.46. The number of anilines is 1. The van der Waals surface area contributed by atoms with Gasteiger partial charge in [0.1, 0.15) is 30.0 Å². The van der Waals surface area contributed by atoms with Gasteiger partial charge in [-0.25, -0.2) is 4.39 Å². The fourth-order valence-corrected chi connectivity index (χ4v) is 8.57. The van der Waals surface area contributed by atoms with Crippen LogP contribution in [0.4, 0.5) is 10.1 Å². The largest absolute Gasteiger partial charge is 0.490 e. The molecule has 4 aromatic rings. The predicted molar refractivity (Wildman–Crippen MR) is 235 cm³/mol. The summed E-state index contributed by atoms with van der Waals surface area (Å²) in [6.07, 6.45) is 5.42. The second-order valence-electron chi connectivity index (χ2n) is 16.0. The van der Waals surface area contributed by atoms with Crippen LogP contribution >= 0.6 is 11.6 Å². The molecule has 0 bridgehead atoms. The number of nitrogens with one attached hydrogen (secondary N) is 3. The lowest BCUT2D eigenvalue weighted by molar-refractivity contribution is -0.136. The number of pyridine rings is 1. The van der Waals surface area contributed by atoms with Gasteiger partial charge in [0, 0.05) is 42.2 Å². The second kappa shape index (κ2) is 22.3. The first kappa shape index (κ1) is 47.0. The van der Waals surface area contributed by atoms with Crippen molar-refractivity contribution in [3.63, 3.8) is 0 Å². The van der Waals surface area contributed by atoms with Crippen LogP contribution in [0, 0.1) is 17.7 Å². The molecule has 1 unspecified atom stereocenters. The average Bonchev–Trinajstić information content (AvgIpc) is 3.56. The van der Waals surface area contributed by atoms with Gasteiger partial charge >= 0.3 is 0 Å². The molecule has 16 nitrogen and oxygen atoms in total. The molecule has 0 radical (unpaired) electrons. The van der Waals surface area contributed by atoms with E-state index in [2.05, 4.69) is 20.9 Å². The number of rotatable bonds is 21. The number of hydrogen-bond acceptors (Lipinski definition) is 12. The van der Waals surface area contributed by atoms with Crippen LogP contribution in [0.25, 0.3) is 10.9 Å². The summed E-state index contributed by atoms with van der Waals surface area (Å²) in [4.78, 5) is 81.0. The van der Waals surface area contributed by atoms with Gasteiger partial charge in [0.05, 0.1) is 61.3 Å². The first-order chi connectivity index (χ1) is 31.5. The number of nitrogens with zero attached hydrogens (tertiary/aromatic N) is 2. The Hall–Kier alpha value is -6.01. The maximum Gasteiger partial charge on any atom is 0.266 e. The highest BCUT2D eigenvalue weighted by atomic mass is 35.5. The molecule has 6 amide bonds. The fraction of sp³-hybridized carbons (Fsp3) is 0.426. The smallest absolute Gasteiger partial charge is 0.266 e. The Bertz CT molecular complexity index is 2410. The van der Waals surface area contributed by atoms with Crippen molar-refractivity contribution in [3.05, 3.63) is 94.4 Å². The van der Waals surface area contributed by atoms with E-state index in [4.69, 9.17) is 35.3 Å². The van der Waals surface area contributed by atoms with E-state index in [1.165, 1.54) is 24.3 Å². The van der Waals surface area contributed by atoms with Crippen molar-refractivity contribution >= 4 is 63.6 Å². The monoisotopic (exact) mass is 915 g/mol. The van der Waals surface area contributed by atoms with Gasteiger partial charge in [-0.05, 0) is 98.0 Å². The van der Waals surface area contributed by atoms with E-state index in [0.29, 0.717) is 42.2 Å². The van der Waals surface area contributed by atoms with E-state index in [1.807, 2.05) is 13.0 Å². The van der Waals surface area contributed by atoms with Gasteiger partial charge in [-0.3, -0.25) is 44.0 Å². The number of carbonyl (C=O) groups excluding carboxylic acids is 6. The maximum atomic E-state index is 14.0. The Morgan fingerprint density at radius 1 is 0.846 bits per heavy atom. The van der Waals surface area contributed by atoms with Crippen molar-refractivity contribution in [2.45, 2.75) is 57.4 Å². The summed E-state index contributed by atoms with van der Waals surface area (Å²) in [5.74, 6) is -2.64. The van der Waals surface area contributed by atoms with Gasteiger partial charge in [-0.2, -0.15) is 0 Å². The standard InChI is InChI=1S/C47H51ClFN5O11/c1-28(29-5-7-30(8-6-29)33-15-16-50-37-12-9-31(49)25-35(33)37)44(57)52-32-10-11-36(48)40(26-32)64-24-23-63-22-21-62-20-19-61-18-17-51-42(56)27-65-39-4-2-3-34-43(39)47(60)54(46(34)59)38-13-14-41(55)53-45(38)58/h2-4,9-12,15-16,25-26,28-30,38H,5-8,13-14,17-24,27H2,1H3,(H,51,56)(H,52,57)(H,53,55,58)/t28-,29?,30?,38?/m1/s1. The molecule has 3 aliphatic rings. The molecule has 3 N–H and O–H groups in total. The van der Waals surface area contributed by atoms with Crippen molar-refractivity contribution < 1.29 is 56.8 Å². The number of imide groups is 2. The van der Waals surface area contributed by atoms with Crippen molar-refractivity contribution in [2.75, 3.05) is 64.7 Å². The Morgan fingerprint density at radius 3 is 2.34 bits per heavy atom. The zero-order valence-corrected chi connectivity index (χ0v) is 36.7. The van der Waals surface area contributed by atoms with E-state index in [9.17, 15) is 33.2 Å². The minimum Gasteiger partial charge on any atom is -0.490 e. The SMILES string of the molecule is C[C@@H](C(=O)Nc1ccc(Cl)c(OCCOCCOCCOCCNC(=O)COc2cccc3c2C(=O)N(C2CCC(=O)NC2=O)C3=O)c1)C1CCC(c2ccnc3ccc(F)cc23)CC1. The summed E-state index contributed by atoms with van der Waals surface area (Å²) < 4.78 is 42.1. The first-order valence-corrected chi connectivity index (χ1v) is 22.1. The van der Waals surface area contributed by atoms with E-state index in [1.54, 1.807) is 36.5 Å². The normalized spacial score (nSPS) is 18.9. The van der Waals surface area contributed by atoms with Gasteiger partial charge in [0.25, 0.3) is 17.7 Å². The zero-order valence-electron chi connectivity index (χ0n) is 35.9. The molecular formula is C47H51ClFN5O11. The molecule has 3 heterocycles. The number of aromatic nitrogens is 1. The molecule has 344 valence electrons. The Morgan fingerprint density at radius 2 is 1.58 bits per heavy atom. The molecule has 1 aliphatic carbocycles. The van der Waals surface area contributed by atoms with Crippen LogP contribution in [-0.2, 0) is 33.4 Å². The summed E-state index contributed by atoms with van der Waals surface area (Å²) in [7, 11) is 0. The molecule has 65 heavy (non-hydrogen) atoms. The van der Waals surface area contributed by atoms with Crippen LogP contribution in [0.3, 0.4) is 0 Å². The van der Waals surface area contributed by atoms with Crippen LogP contribution in [-0.4, -0.2) is 111 Å². The van der Waals surface area contributed by atoms with Gasteiger partial charge in [0.15, 0.2) is 6.61 Å². The van der Waals surface area contributed by atoms with Crippen LogP contribution in [0.5, 0.6) is 11.5 Å². The van der Waals surface area contributed by atoms with Crippen LogP contribution in [0.15, 0.2) is 66.9 Å².